The molecule has 22 heavy (non-hydrogen) atoms. The van der Waals surface area contributed by atoms with Crippen molar-refractivity contribution >= 4 is 49.6 Å². The lowest BCUT2D eigenvalue weighted by Gasteiger charge is -2.11. The molecule has 0 fully saturated rings. The lowest BCUT2D eigenvalue weighted by molar-refractivity contribution is -0.117. The molecule has 0 aromatic heterocycles. The Morgan fingerprint density at radius 1 is 1.32 bits per heavy atom. The number of hydrogen-bond acceptors (Lipinski definition) is 7. The molecule has 0 radical (unpaired) electrons. The van der Waals surface area contributed by atoms with E-state index in [4.69, 9.17) is 11.6 Å². The van der Waals surface area contributed by atoms with Crippen LogP contribution in [0.5, 0.6) is 0 Å². The van der Waals surface area contributed by atoms with Gasteiger partial charge >= 0.3 is 0 Å². The lowest BCUT2D eigenvalue weighted by atomic mass is 10.2. The third-order valence-electron chi connectivity index (χ3n) is 2.37. The first-order valence-corrected chi connectivity index (χ1v) is 8.62. The number of benzene rings is 1. The Labute approximate surface area is 135 Å². The van der Waals surface area contributed by atoms with Crippen molar-refractivity contribution in [3.63, 3.8) is 0 Å². The molecule has 1 unspecified atom stereocenters. The zero-order valence-electron chi connectivity index (χ0n) is 11.2. The Morgan fingerprint density at radius 2 is 1.95 bits per heavy atom. The van der Waals surface area contributed by atoms with E-state index in [9.17, 15) is 18.0 Å². The van der Waals surface area contributed by atoms with Gasteiger partial charge in [-0.15, -0.1) is 0 Å². The van der Waals surface area contributed by atoms with Crippen LogP contribution in [0.3, 0.4) is 0 Å². The van der Waals surface area contributed by atoms with E-state index in [1.54, 1.807) is 16.9 Å². The average molecular weight is 363 g/mol. The Bertz CT molecular complexity index is 733. The van der Waals surface area contributed by atoms with E-state index in [0.717, 1.165) is 18.7 Å². The molecule has 8 nitrogen and oxygen atoms in total. The van der Waals surface area contributed by atoms with Crippen LogP contribution in [0, 0.1) is 0 Å². The van der Waals surface area contributed by atoms with Crippen molar-refractivity contribution in [2.45, 2.75) is 12.4 Å². The van der Waals surface area contributed by atoms with Crippen LogP contribution in [0.1, 0.15) is 17.3 Å². The van der Waals surface area contributed by atoms with E-state index in [1.165, 1.54) is 12.1 Å². The molecule has 1 aliphatic heterocycles. The van der Waals surface area contributed by atoms with Crippen molar-refractivity contribution < 1.29 is 18.0 Å². The molecule has 3 N–H and O–H groups in total. The van der Waals surface area contributed by atoms with Gasteiger partial charge in [0.25, 0.3) is 15.9 Å². The van der Waals surface area contributed by atoms with Crippen LogP contribution in [-0.2, 0) is 14.8 Å². The zero-order chi connectivity index (χ0) is 16.3. The second-order valence-corrected chi connectivity index (χ2v) is 7.53. The fourth-order valence-electron chi connectivity index (χ4n) is 1.49. The summed E-state index contributed by atoms with van der Waals surface area (Å²) in [6.07, 6.45) is 0. The van der Waals surface area contributed by atoms with Crippen LogP contribution in [0.4, 0.5) is 0 Å². The molecule has 0 aliphatic carbocycles. The fourth-order valence-corrected chi connectivity index (χ4v) is 3.75. The summed E-state index contributed by atoms with van der Waals surface area (Å²) in [4.78, 5) is 22.8. The van der Waals surface area contributed by atoms with Gasteiger partial charge in [-0.25, -0.2) is 4.72 Å². The van der Waals surface area contributed by atoms with E-state index in [-0.39, 0.29) is 4.38 Å². The third-order valence-corrected chi connectivity index (χ3v) is 5.43. The standard InChI is InChI=1S/C11H11ClN4O4S2/c1-6(17)16-22(19,20)11-15-14-10(21-11)13-9(18)7-2-4-8(12)5-3-7/h2-5,10,14H,1H3,(H,13,18)(H,16,17). The van der Waals surface area contributed by atoms with E-state index in [0.29, 0.717) is 10.6 Å². The number of carbonyl (C=O) groups is 2. The summed E-state index contributed by atoms with van der Waals surface area (Å²) >= 11 is 6.49. The van der Waals surface area contributed by atoms with E-state index >= 15 is 0 Å². The molecule has 11 heteroatoms. The van der Waals surface area contributed by atoms with Crippen LogP contribution in [-0.4, -0.2) is 30.1 Å². The first-order valence-electron chi connectivity index (χ1n) is 5.87. The van der Waals surface area contributed by atoms with Gasteiger partial charge in [0.2, 0.25) is 10.3 Å². The molecule has 1 aliphatic rings. The highest BCUT2D eigenvalue weighted by atomic mass is 35.5. The molecule has 118 valence electrons. The maximum absolute atomic E-state index is 12.0. The molecular formula is C11H11ClN4O4S2. The Balaban J connectivity index is 1.97. The zero-order valence-corrected chi connectivity index (χ0v) is 13.6. The Kier molecular flexibility index (Phi) is 4.94. The SMILES string of the molecule is CC(=O)NS(=O)(=O)C1=NNC(NC(=O)c2ccc(Cl)cc2)S1. The molecule has 1 heterocycles. The van der Waals surface area contributed by atoms with Gasteiger partial charge in [-0.2, -0.15) is 13.5 Å². The van der Waals surface area contributed by atoms with Gasteiger partial charge < -0.3 is 5.32 Å². The van der Waals surface area contributed by atoms with Crippen LogP contribution in [0.2, 0.25) is 5.02 Å². The van der Waals surface area contributed by atoms with Gasteiger partial charge in [0.1, 0.15) is 0 Å². The fraction of sp³-hybridized carbons (Fsp3) is 0.182. The maximum Gasteiger partial charge on any atom is 0.289 e. The predicted octanol–water partition coefficient (Wildman–Crippen LogP) is 0.427. The molecule has 1 atom stereocenters. The molecule has 0 saturated heterocycles. The second-order valence-electron chi connectivity index (χ2n) is 4.15. The second kappa shape index (κ2) is 6.55. The maximum atomic E-state index is 12.0. The highest BCUT2D eigenvalue weighted by Gasteiger charge is 2.31. The average Bonchev–Trinajstić information content (AvgIpc) is 2.87. The largest absolute Gasteiger partial charge is 0.322 e. The summed E-state index contributed by atoms with van der Waals surface area (Å²) < 4.78 is 24.9. The summed E-state index contributed by atoms with van der Waals surface area (Å²) in [6.45, 7) is 1.07. The number of nitrogens with one attached hydrogen (secondary N) is 3. The van der Waals surface area contributed by atoms with Crippen LogP contribution in [0.25, 0.3) is 0 Å². The van der Waals surface area contributed by atoms with Crippen molar-refractivity contribution in [1.82, 2.24) is 15.5 Å². The Morgan fingerprint density at radius 3 is 2.55 bits per heavy atom. The number of halogens is 1. The highest BCUT2D eigenvalue weighted by Crippen LogP contribution is 2.19. The number of rotatable bonds is 2. The number of amides is 2. The minimum Gasteiger partial charge on any atom is -0.322 e. The predicted molar refractivity (Wildman–Crippen MR) is 83.6 cm³/mol. The number of hydrogen-bond donors (Lipinski definition) is 3. The monoisotopic (exact) mass is 362 g/mol. The summed E-state index contributed by atoms with van der Waals surface area (Å²) in [5.74, 6) is -1.15. The van der Waals surface area contributed by atoms with Gasteiger partial charge in [-0.1, -0.05) is 11.6 Å². The minimum absolute atomic E-state index is 0.330. The Hall–Kier alpha value is -1.78. The quantitative estimate of drug-likeness (QED) is 0.702. The molecule has 2 amide bonds. The van der Waals surface area contributed by atoms with E-state index in [2.05, 4.69) is 15.8 Å². The van der Waals surface area contributed by atoms with E-state index in [1.807, 2.05) is 0 Å². The number of nitrogens with zero attached hydrogens (tertiary/aromatic N) is 1. The van der Waals surface area contributed by atoms with Crippen LogP contribution >= 0.6 is 23.4 Å². The lowest BCUT2D eigenvalue weighted by Crippen LogP contribution is -2.39. The van der Waals surface area contributed by atoms with Crippen molar-refractivity contribution in [1.29, 1.82) is 0 Å². The van der Waals surface area contributed by atoms with Crippen LogP contribution < -0.4 is 15.5 Å². The number of sulfonamides is 1. The van der Waals surface area contributed by atoms with Gasteiger partial charge in [0, 0.05) is 17.5 Å². The number of thioether (sulfide) groups is 1. The van der Waals surface area contributed by atoms with Gasteiger partial charge in [0.15, 0.2) is 5.50 Å². The van der Waals surface area contributed by atoms with Crippen molar-refractivity contribution in [3.05, 3.63) is 34.9 Å². The molecule has 0 saturated carbocycles. The molecule has 0 spiro atoms. The van der Waals surface area contributed by atoms with Gasteiger partial charge in [0.05, 0.1) is 0 Å². The first kappa shape index (κ1) is 16.6. The van der Waals surface area contributed by atoms with Gasteiger partial charge in [-0.05, 0) is 36.0 Å². The van der Waals surface area contributed by atoms with Crippen molar-refractivity contribution in [2.24, 2.45) is 5.10 Å². The summed E-state index contributed by atoms with van der Waals surface area (Å²) in [5, 5.41) is 6.64. The molecular weight excluding hydrogens is 352 g/mol. The van der Waals surface area contributed by atoms with Crippen molar-refractivity contribution in [2.75, 3.05) is 0 Å². The topological polar surface area (TPSA) is 117 Å². The smallest absolute Gasteiger partial charge is 0.289 e. The van der Waals surface area contributed by atoms with Crippen molar-refractivity contribution in [3.8, 4) is 0 Å². The third kappa shape index (κ3) is 4.12. The summed E-state index contributed by atoms with van der Waals surface area (Å²) in [6, 6.07) is 6.20. The highest BCUT2D eigenvalue weighted by molar-refractivity contribution is 8.35. The molecule has 2 rings (SSSR count). The summed E-state index contributed by atoms with van der Waals surface area (Å²) in [7, 11) is -4.02. The molecule has 1 aromatic rings. The van der Waals surface area contributed by atoms with E-state index < -0.39 is 27.3 Å². The van der Waals surface area contributed by atoms with Gasteiger partial charge in [-0.3, -0.25) is 15.0 Å². The van der Waals surface area contributed by atoms with Crippen LogP contribution in [0.15, 0.2) is 29.4 Å². The minimum atomic E-state index is -4.02. The first-order chi connectivity index (χ1) is 10.3. The summed E-state index contributed by atoms with van der Waals surface area (Å²) in [5.41, 5.74) is 2.06. The number of carbonyl (C=O) groups excluding carboxylic acids is 2. The normalized spacial score (nSPS) is 17.4. The number of hydrazone groups is 1. The molecule has 1 aromatic carbocycles. The molecule has 0 bridgehead atoms.